The smallest absolute Gasteiger partial charge is 0.0207 e. The van der Waals surface area contributed by atoms with Crippen LogP contribution in [0.4, 0.5) is 0 Å². The van der Waals surface area contributed by atoms with E-state index in [9.17, 15) is 0 Å². The Morgan fingerprint density at radius 3 is 2.00 bits per heavy atom. The Labute approximate surface area is 94.4 Å². The Hall–Kier alpha value is -1.37. The highest BCUT2D eigenvalue weighted by molar-refractivity contribution is 5.75. The molecule has 0 saturated heterocycles. The van der Waals surface area contributed by atoms with Crippen molar-refractivity contribution in [3.05, 3.63) is 47.6 Å². The lowest BCUT2D eigenvalue weighted by Crippen LogP contribution is -1.80. The van der Waals surface area contributed by atoms with Crippen molar-refractivity contribution in [2.24, 2.45) is 0 Å². The van der Waals surface area contributed by atoms with Gasteiger partial charge in [0.2, 0.25) is 0 Å². The molecule has 84 valence electrons. The normalized spacial score (nSPS) is 12.7. The van der Waals surface area contributed by atoms with E-state index in [-0.39, 0.29) is 0 Å². The van der Waals surface area contributed by atoms with Crippen LogP contribution in [0.25, 0.3) is 0 Å². The molecule has 0 bridgehead atoms. The van der Waals surface area contributed by atoms with Gasteiger partial charge in [0.05, 0.1) is 0 Å². The molecule has 0 heterocycles. The number of nitrogens with one attached hydrogen (secondary N) is 1. The van der Waals surface area contributed by atoms with Crippen LogP contribution >= 0.6 is 0 Å². The van der Waals surface area contributed by atoms with Crippen LogP contribution in [-0.2, 0) is 0 Å². The first-order chi connectivity index (χ1) is 7.11. The molecule has 0 saturated carbocycles. The molecule has 15 heavy (non-hydrogen) atoms. The Morgan fingerprint density at radius 2 is 1.60 bits per heavy atom. The minimum absolute atomic E-state index is 0.962. The van der Waals surface area contributed by atoms with Gasteiger partial charge in [-0.05, 0) is 37.5 Å². The largest absolute Gasteiger partial charge is 0.308 e. The van der Waals surface area contributed by atoms with Crippen LogP contribution in [0, 0.1) is 5.41 Å². The zero-order valence-corrected chi connectivity index (χ0v) is 10.6. The monoisotopic (exact) mass is 205 g/mol. The molecule has 0 fully saturated rings. The predicted octanol–water partition coefficient (Wildman–Crippen LogP) is 4.69. The Bertz CT molecular complexity index is 278. The van der Waals surface area contributed by atoms with Crippen LogP contribution < -0.4 is 0 Å². The van der Waals surface area contributed by atoms with E-state index < -0.39 is 0 Å². The van der Waals surface area contributed by atoms with E-state index in [0.29, 0.717) is 0 Å². The molecular weight excluding hydrogens is 182 g/mol. The van der Waals surface area contributed by atoms with Gasteiger partial charge >= 0.3 is 0 Å². The molecule has 0 aliphatic heterocycles. The molecule has 1 heteroatoms. The van der Waals surface area contributed by atoms with E-state index in [1.165, 1.54) is 17.4 Å². The van der Waals surface area contributed by atoms with Crippen molar-refractivity contribution in [1.29, 1.82) is 5.41 Å². The SMILES string of the molecule is C=C\C=C/C(C)=C(C)/C=C(/C)C=N.CC. The van der Waals surface area contributed by atoms with Gasteiger partial charge < -0.3 is 5.41 Å². The van der Waals surface area contributed by atoms with Crippen molar-refractivity contribution in [3.8, 4) is 0 Å². The molecular formula is C14H23N. The highest BCUT2D eigenvalue weighted by Crippen LogP contribution is 2.08. The van der Waals surface area contributed by atoms with Gasteiger partial charge in [-0.25, -0.2) is 0 Å². The second-order valence-corrected chi connectivity index (χ2v) is 2.99. The molecule has 0 rings (SSSR count). The molecule has 0 aliphatic carbocycles. The summed E-state index contributed by atoms with van der Waals surface area (Å²) in [4.78, 5) is 0. The average molecular weight is 205 g/mol. The summed E-state index contributed by atoms with van der Waals surface area (Å²) in [5, 5.41) is 7.03. The lowest BCUT2D eigenvalue weighted by Gasteiger charge is -1.98. The fraction of sp³-hybridized carbons (Fsp3) is 0.357. The highest BCUT2D eigenvalue weighted by atomic mass is 14.3. The van der Waals surface area contributed by atoms with Crippen LogP contribution in [0.15, 0.2) is 47.6 Å². The van der Waals surface area contributed by atoms with Gasteiger partial charge in [-0.3, -0.25) is 0 Å². The average Bonchev–Trinajstić information content (AvgIpc) is 2.28. The van der Waals surface area contributed by atoms with E-state index in [4.69, 9.17) is 5.41 Å². The molecule has 0 aromatic heterocycles. The van der Waals surface area contributed by atoms with Crippen LogP contribution in [0.1, 0.15) is 34.6 Å². The van der Waals surface area contributed by atoms with E-state index in [1.807, 2.05) is 52.8 Å². The van der Waals surface area contributed by atoms with E-state index in [1.54, 1.807) is 6.08 Å². The van der Waals surface area contributed by atoms with Crippen molar-refractivity contribution in [3.63, 3.8) is 0 Å². The third-order valence-corrected chi connectivity index (χ3v) is 1.78. The molecule has 0 spiro atoms. The Morgan fingerprint density at radius 1 is 1.07 bits per heavy atom. The minimum Gasteiger partial charge on any atom is -0.308 e. The number of allylic oxidation sites excluding steroid dienone is 7. The van der Waals surface area contributed by atoms with Crippen LogP contribution in [-0.4, -0.2) is 6.21 Å². The maximum Gasteiger partial charge on any atom is 0.0207 e. The molecule has 0 radical (unpaired) electrons. The molecule has 1 N–H and O–H groups in total. The molecule has 0 aromatic rings. The second kappa shape index (κ2) is 10.7. The maximum atomic E-state index is 7.03. The van der Waals surface area contributed by atoms with Crippen molar-refractivity contribution in [2.45, 2.75) is 34.6 Å². The molecule has 0 unspecified atom stereocenters. The van der Waals surface area contributed by atoms with Gasteiger partial charge in [0.1, 0.15) is 0 Å². The summed E-state index contributed by atoms with van der Waals surface area (Å²) in [6.45, 7) is 13.6. The predicted molar refractivity (Wildman–Crippen MR) is 71.6 cm³/mol. The zero-order valence-electron chi connectivity index (χ0n) is 10.6. The quantitative estimate of drug-likeness (QED) is 0.508. The third kappa shape index (κ3) is 8.95. The summed E-state index contributed by atoms with van der Waals surface area (Å²) in [7, 11) is 0. The van der Waals surface area contributed by atoms with Gasteiger partial charge in [0, 0.05) is 6.21 Å². The van der Waals surface area contributed by atoms with Gasteiger partial charge in [-0.15, -0.1) is 0 Å². The van der Waals surface area contributed by atoms with Gasteiger partial charge in [-0.2, -0.15) is 0 Å². The fourth-order valence-corrected chi connectivity index (χ4v) is 0.841. The van der Waals surface area contributed by atoms with Gasteiger partial charge in [0.15, 0.2) is 0 Å². The lowest BCUT2D eigenvalue weighted by molar-refractivity contribution is 1.35. The van der Waals surface area contributed by atoms with Crippen LogP contribution in [0.3, 0.4) is 0 Å². The van der Waals surface area contributed by atoms with Crippen LogP contribution in [0.5, 0.6) is 0 Å². The summed E-state index contributed by atoms with van der Waals surface area (Å²) in [5.41, 5.74) is 3.34. The van der Waals surface area contributed by atoms with E-state index >= 15 is 0 Å². The zero-order chi connectivity index (χ0) is 12.3. The number of rotatable bonds is 4. The van der Waals surface area contributed by atoms with E-state index in [0.717, 1.165) is 5.57 Å². The maximum absolute atomic E-state index is 7.03. The fourth-order valence-electron chi connectivity index (χ4n) is 0.841. The molecule has 0 amide bonds. The standard InChI is InChI=1S/C12H17N.C2H6/c1-5-6-7-11(3)12(4)8-10(2)9-13;1-2/h5-9,13H,1H2,2-4H3;1-2H3/b7-6-,10-8-,12-11+,13-9?;. The molecule has 1 nitrogen and oxygen atoms in total. The lowest BCUT2D eigenvalue weighted by atomic mass is 10.1. The van der Waals surface area contributed by atoms with Crippen LogP contribution in [0.2, 0.25) is 0 Å². The first-order valence-electron chi connectivity index (χ1n) is 5.27. The van der Waals surface area contributed by atoms with Crippen molar-refractivity contribution < 1.29 is 0 Å². The highest BCUT2D eigenvalue weighted by Gasteiger charge is 1.89. The van der Waals surface area contributed by atoms with Crippen molar-refractivity contribution >= 4 is 6.21 Å². The van der Waals surface area contributed by atoms with Crippen molar-refractivity contribution in [1.82, 2.24) is 0 Å². The first-order valence-corrected chi connectivity index (χ1v) is 5.27. The third-order valence-electron chi connectivity index (χ3n) is 1.78. The molecule has 0 aliphatic rings. The summed E-state index contributed by atoms with van der Waals surface area (Å²) in [6, 6.07) is 0. The minimum atomic E-state index is 0.962. The molecule has 0 atom stereocenters. The topological polar surface area (TPSA) is 23.9 Å². The summed E-state index contributed by atoms with van der Waals surface area (Å²) >= 11 is 0. The van der Waals surface area contributed by atoms with Gasteiger partial charge in [-0.1, -0.05) is 44.7 Å². The Balaban J connectivity index is 0. The Kier molecular flexibility index (Phi) is 11.5. The molecule has 0 aromatic carbocycles. The summed E-state index contributed by atoms with van der Waals surface area (Å²) in [6.07, 6.45) is 9.02. The number of hydrogen-bond acceptors (Lipinski definition) is 1. The van der Waals surface area contributed by atoms with E-state index in [2.05, 4.69) is 6.58 Å². The summed E-state index contributed by atoms with van der Waals surface area (Å²) in [5.74, 6) is 0. The van der Waals surface area contributed by atoms with Crippen molar-refractivity contribution in [2.75, 3.05) is 0 Å². The number of hydrogen-bond donors (Lipinski definition) is 1. The van der Waals surface area contributed by atoms with Gasteiger partial charge in [0.25, 0.3) is 0 Å². The summed E-state index contributed by atoms with van der Waals surface area (Å²) < 4.78 is 0. The first kappa shape index (κ1) is 16.1. The second-order valence-electron chi connectivity index (χ2n) is 2.99.